The number of benzene rings is 2. The molecular weight excluding hydrogens is 430 g/mol. The standard InChI is InChI=1S/C23H23N3O5S/c1-12-19(15-8-6-7-9-16(15)24-12)20(27)13(2)32-23-26-25-22(31-23)14-10-17(28-3)21(30-5)18(11-14)29-4/h6-11,13,24H,1-5H3. The van der Waals surface area contributed by atoms with E-state index in [9.17, 15) is 4.79 Å². The Hall–Kier alpha value is -3.46. The zero-order chi connectivity index (χ0) is 22.8. The van der Waals surface area contributed by atoms with Gasteiger partial charge in [0, 0.05) is 27.7 Å². The molecule has 2 heterocycles. The summed E-state index contributed by atoms with van der Waals surface area (Å²) in [5.74, 6) is 1.72. The Morgan fingerprint density at radius 3 is 2.41 bits per heavy atom. The number of Topliss-reactive ketones (excluding diaryl/α,β-unsaturated/α-hetero) is 1. The van der Waals surface area contributed by atoms with E-state index in [4.69, 9.17) is 18.6 Å². The summed E-state index contributed by atoms with van der Waals surface area (Å²) in [7, 11) is 4.61. The van der Waals surface area contributed by atoms with E-state index in [1.165, 1.54) is 33.1 Å². The zero-order valence-electron chi connectivity index (χ0n) is 18.4. The number of para-hydroxylation sites is 1. The molecule has 0 radical (unpaired) electrons. The molecule has 4 aromatic rings. The predicted octanol–water partition coefficient (Wildman–Crippen LogP) is 4.92. The maximum Gasteiger partial charge on any atom is 0.277 e. The van der Waals surface area contributed by atoms with Gasteiger partial charge in [0.1, 0.15) is 0 Å². The number of carbonyl (C=O) groups is 1. The highest BCUT2D eigenvalue weighted by molar-refractivity contribution is 8.00. The van der Waals surface area contributed by atoms with Crippen molar-refractivity contribution in [1.82, 2.24) is 15.2 Å². The third-order valence-corrected chi connectivity index (χ3v) is 6.04. The summed E-state index contributed by atoms with van der Waals surface area (Å²) in [6.45, 7) is 3.73. The maximum absolute atomic E-state index is 13.2. The minimum Gasteiger partial charge on any atom is -0.493 e. The van der Waals surface area contributed by atoms with E-state index in [0.29, 0.717) is 33.6 Å². The summed E-state index contributed by atoms with van der Waals surface area (Å²) in [6.07, 6.45) is 0. The lowest BCUT2D eigenvalue weighted by Crippen LogP contribution is -2.14. The van der Waals surface area contributed by atoms with Gasteiger partial charge in [-0.2, -0.15) is 0 Å². The van der Waals surface area contributed by atoms with E-state index in [1.807, 2.05) is 38.1 Å². The van der Waals surface area contributed by atoms with Gasteiger partial charge in [0.15, 0.2) is 17.3 Å². The fourth-order valence-corrected chi connectivity index (χ4v) is 4.32. The van der Waals surface area contributed by atoms with Crippen molar-refractivity contribution >= 4 is 28.4 Å². The number of nitrogens with one attached hydrogen (secondary N) is 1. The summed E-state index contributed by atoms with van der Waals surface area (Å²) in [5.41, 5.74) is 3.08. The Labute approximate surface area is 189 Å². The summed E-state index contributed by atoms with van der Waals surface area (Å²) >= 11 is 1.22. The number of thioether (sulfide) groups is 1. The Morgan fingerprint density at radius 1 is 1.06 bits per heavy atom. The summed E-state index contributed by atoms with van der Waals surface area (Å²) in [6, 6.07) is 11.2. The van der Waals surface area contributed by atoms with Crippen molar-refractivity contribution in [2.45, 2.75) is 24.3 Å². The number of hydrogen-bond acceptors (Lipinski definition) is 8. The van der Waals surface area contributed by atoms with Crippen molar-refractivity contribution < 1.29 is 23.4 Å². The lowest BCUT2D eigenvalue weighted by Gasteiger charge is -2.12. The van der Waals surface area contributed by atoms with E-state index in [-0.39, 0.29) is 11.7 Å². The first-order valence-electron chi connectivity index (χ1n) is 9.88. The number of aromatic amines is 1. The normalized spacial score (nSPS) is 12.0. The minimum atomic E-state index is -0.416. The van der Waals surface area contributed by atoms with Crippen LogP contribution in [-0.2, 0) is 0 Å². The molecule has 1 unspecified atom stereocenters. The molecule has 0 spiro atoms. The smallest absolute Gasteiger partial charge is 0.277 e. The number of aryl methyl sites for hydroxylation is 1. The molecule has 8 nitrogen and oxygen atoms in total. The molecule has 9 heteroatoms. The summed E-state index contributed by atoms with van der Waals surface area (Å²) < 4.78 is 21.9. The number of rotatable bonds is 8. The first-order chi connectivity index (χ1) is 15.5. The van der Waals surface area contributed by atoms with Crippen LogP contribution < -0.4 is 14.2 Å². The second-order valence-corrected chi connectivity index (χ2v) is 8.37. The van der Waals surface area contributed by atoms with Gasteiger partial charge in [-0.25, -0.2) is 0 Å². The van der Waals surface area contributed by atoms with Crippen molar-refractivity contribution in [3.63, 3.8) is 0 Å². The number of ketones is 1. The molecule has 0 bridgehead atoms. The van der Waals surface area contributed by atoms with Crippen LogP contribution in [-0.4, -0.2) is 47.5 Å². The average Bonchev–Trinajstić information content (AvgIpc) is 3.40. The first kappa shape index (κ1) is 21.8. The van der Waals surface area contributed by atoms with Crippen molar-refractivity contribution in [2.75, 3.05) is 21.3 Å². The van der Waals surface area contributed by atoms with Gasteiger partial charge in [-0.1, -0.05) is 30.0 Å². The van der Waals surface area contributed by atoms with Crippen molar-refractivity contribution in [2.24, 2.45) is 0 Å². The second kappa shape index (κ2) is 8.96. The highest BCUT2D eigenvalue weighted by Gasteiger charge is 2.25. The van der Waals surface area contributed by atoms with Crippen molar-refractivity contribution in [3.8, 4) is 28.7 Å². The van der Waals surface area contributed by atoms with Gasteiger partial charge in [0.25, 0.3) is 5.22 Å². The Balaban J connectivity index is 1.58. The largest absolute Gasteiger partial charge is 0.493 e. The van der Waals surface area contributed by atoms with Crippen molar-refractivity contribution in [1.29, 1.82) is 0 Å². The molecule has 1 atom stereocenters. The third-order valence-electron chi connectivity index (χ3n) is 5.10. The molecule has 0 saturated heterocycles. The van der Waals surface area contributed by atoms with Crippen LogP contribution in [0, 0.1) is 6.92 Å². The van der Waals surface area contributed by atoms with Crippen LogP contribution in [0.1, 0.15) is 23.0 Å². The third kappa shape index (κ3) is 3.91. The number of methoxy groups -OCH3 is 3. The molecule has 0 aliphatic heterocycles. The van der Waals surface area contributed by atoms with E-state index in [1.54, 1.807) is 12.1 Å². The lowest BCUT2D eigenvalue weighted by molar-refractivity contribution is 0.0994. The quantitative estimate of drug-likeness (QED) is 0.297. The number of nitrogens with zero attached hydrogens (tertiary/aromatic N) is 2. The molecule has 0 aliphatic rings. The van der Waals surface area contributed by atoms with Gasteiger partial charge in [-0.05, 0) is 32.0 Å². The molecule has 0 aliphatic carbocycles. The van der Waals surface area contributed by atoms with Crippen LogP contribution in [0.4, 0.5) is 0 Å². The van der Waals surface area contributed by atoms with Gasteiger partial charge < -0.3 is 23.6 Å². The van der Waals surface area contributed by atoms with Gasteiger partial charge in [0.2, 0.25) is 11.6 Å². The van der Waals surface area contributed by atoms with Gasteiger partial charge in [0.05, 0.1) is 26.6 Å². The highest BCUT2D eigenvalue weighted by atomic mass is 32.2. The van der Waals surface area contributed by atoms with Crippen LogP contribution in [0.3, 0.4) is 0 Å². The lowest BCUT2D eigenvalue weighted by atomic mass is 10.1. The topological polar surface area (TPSA) is 99.5 Å². The fourth-order valence-electron chi connectivity index (χ4n) is 3.58. The van der Waals surface area contributed by atoms with Crippen LogP contribution in [0.2, 0.25) is 0 Å². The molecule has 32 heavy (non-hydrogen) atoms. The van der Waals surface area contributed by atoms with E-state index >= 15 is 0 Å². The Morgan fingerprint density at radius 2 is 1.75 bits per heavy atom. The molecule has 166 valence electrons. The van der Waals surface area contributed by atoms with Crippen molar-refractivity contribution in [3.05, 3.63) is 47.7 Å². The Kier molecular flexibility index (Phi) is 6.09. The van der Waals surface area contributed by atoms with Gasteiger partial charge in [-0.3, -0.25) is 4.79 Å². The second-order valence-electron chi connectivity index (χ2n) is 7.08. The molecule has 1 N–H and O–H groups in total. The van der Waals surface area contributed by atoms with Crippen LogP contribution in [0.15, 0.2) is 46.0 Å². The molecular formula is C23H23N3O5S. The van der Waals surface area contributed by atoms with Gasteiger partial charge in [-0.15, -0.1) is 10.2 Å². The number of aromatic nitrogens is 3. The van der Waals surface area contributed by atoms with Crippen LogP contribution in [0.5, 0.6) is 17.2 Å². The minimum absolute atomic E-state index is 0.00233. The van der Waals surface area contributed by atoms with E-state index < -0.39 is 5.25 Å². The fraction of sp³-hybridized carbons (Fsp3) is 0.261. The maximum atomic E-state index is 13.2. The number of ether oxygens (including phenoxy) is 3. The predicted molar refractivity (Wildman–Crippen MR) is 122 cm³/mol. The van der Waals surface area contributed by atoms with Gasteiger partial charge >= 0.3 is 0 Å². The average molecular weight is 454 g/mol. The van der Waals surface area contributed by atoms with Crippen LogP contribution >= 0.6 is 11.8 Å². The molecule has 2 aromatic heterocycles. The molecule has 0 saturated carbocycles. The number of H-pyrrole nitrogens is 1. The summed E-state index contributed by atoms with van der Waals surface area (Å²) in [5, 5.41) is 9.03. The van der Waals surface area contributed by atoms with E-state index in [0.717, 1.165) is 16.6 Å². The summed E-state index contributed by atoms with van der Waals surface area (Å²) in [4.78, 5) is 16.4. The molecule has 0 fully saturated rings. The first-order valence-corrected chi connectivity index (χ1v) is 10.8. The number of carbonyl (C=O) groups excluding carboxylic acids is 1. The molecule has 0 amide bonds. The molecule has 2 aromatic carbocycles. The Bertz CT molecular complexity index is 1250. The zero-order valence-corrected chi connectivity index (χ0v) is 19.2. The van der Waals surface area contributed by atoms with Crippen LogP contribution in [0.25, 0.3) is 22.4 Å². The molecule has 4 rings (SSSR count). The van der Waals surface area contributed by atoms with E-state index in [2.05, 4.69) is 15.2 Å². The monoisotopic (exact) mass is 453 g/mol. The number of hydrogen-bond donors (Lipinski definition) is 1. The highest BCUT2D eigenvalue weighted by Crippen LogP contribution is 2.41. The number of fused-ring (bicyclic) bond motifs is 1. The SMILES string of the molecule is COc1cc(-c2nnc(SC(C)C(=O)c3c(C)[nH]c4ccccc34)o2)cc(OC)c1OC.